The molecule has 0 rings (SSSR count). The van der Waals surface area contributed by atoms with Crippen molar-refractivity contribution in [2.75, 3.05) is 79.0 Å². The van der Waals surface area contributed by atoms with Gasteiger partial charge in [-0.1, -0.05) is 46.5 Å². The Labute approximate surface area is 259 Å². The van der Waals surface area contributed by atoms with Crippen LogP contribution in [-0.4, -0.2) is 136 Å². The quantitative estimate of drug-likeness (QED) is 0.0567. The maximum atomic E-state index is 12.7. The van der Waals surface area contributed by atoms with Crippen LogP contribution in [0.2, 0.25) is 0 Å². The van der Waals surface area contributed by atoms with Crippen molar-refractivity contribution in [3.63, 3.8) is 0 Å². The van der Waals surface area contributed by atoms with Crippen LogP contribution in [0.3, 0.4) is 0 Å². The first kappa shape index (κ1) is 40.7. The molecule has 0 aliphatic rings. The van der Waals surface area contributed by atoms with Gasteiger partial charge in [-0.2, -0.15) is 0 Å². The zero-order valence-electron chi connectivity index (χ0n) is 26.3. The largest absolute Gasteiger partial charge is 0.480 e. The highest BCUT2D eigenvalue weighted by Crippen LogP contribution is 2.09. The summed E-state index contributed by atoms with van der Waals surface area (Å²) in [6.45, 7) is 8.43. The normalized spacial score (nSPS) is 13.7. The Morgan fingerprint density at radius 1 is 0.682 bits per heavy atom. The molecule has 0 bridgehead atoms. The molecule has 15 heteroatoms. The number of carbonyl (C=O) groups is 5. The highest BCUT2D eigenvalue weighted by atomic mass is 16.6. The first-order valence-electron chi connectivity index (χ1n) is 14.7. The van der Waals surface area contributed by atoms with Gasteiger partial charge in [0.15, 0.2) is 0 Å². The van der Waals surface area contributed by atoms with Crippen LogP contribution in [-0.2, 0) is 42.9 Å². The molecule has 0 aromatic rings. The summed E-state index contributed by atoms with van der Waals surface area (Å²) in [4.78, 5) is 62.5. The molecule has 0 aliphatic heterocycles. The number of carboxylic acids is 2. The minimum absolute atomic E-state index is 0.149. The van der Waals surface area contributed by atoms with Crippen LogP contribution in [0.25, 0.3) is 0 Å². The van der Waals surface area contributed by atoms with Crippen molar-refractivity contribution >= 4 is 29.7 Å². The molecule has 3 amide bonds. The molecule has 0 saturated heterocycles. The number of rotatable bonds is 27. The fourth-order valence-corrected chi connectivity index (χ4v) is 3.69. The van der Waals surface area contributed by atoms with E-state index in [1.165, 1.54) is 4.90 Å². The lowest BCUT2D eigenvalue weighted by Gasteiger charge is -2.25. The van der Waals surface area contributed by atoms with Crippen LogP contribution in [0, 0.1) is 24.2 Å². The van der Waals surface area contributed by atoms with Gasteiger partial charge in [-0.3, -0.25) is 19.3 Å². The smallest absolute Gasteiger partial charge is 0.326 e. The number of carboxylic acid groups (broad SMARTS) is 2. The van der Waals surface area contributed by atoms with Crippen molar-refractivity contribution in [2.24, 2.45) is 11.8 Å². The van der Waals surface area contributed by atoms with Gasteiger partial charge in [0.05, 0.1) is 65.9 Å². The summed E-state index contributed by atoms with van der Waals surface area (Å²) in [6, 6.07) is -2.29. The maximum Gasteiger partial charge on any atom is 0.326 e. The fraction of sp³-hybridized carbons (Fsp3) is 0.759. The zero-order valence-corrected chi connectivity index (χ0v) is 26.3. The molecule has 0 unspecified atom stereocenters. The number of hydrogen-bond donors (Lipinski definition) is 5. The first-order chi connectivity index (χ1) is 21.0. The molecule has 5 N–H and O–H groups in total. The molecule has 0 aliphatic carbocycles. The van der Waals surface area contributed by atoms with Crippen molar-refractivity contribution in [1.82, 2.24) is 20.9 Å². The molecular weight excluding hydrogens is 580 g/mol. The summed E-state index contributed by atoms with van der Waals surface area (Å²) in [5.41, 5.74) is 0. The van der Waals surface area contributed by atoms with Crippen molar-refractivity contribution < 1.29 is 53.1 Å². The Morgan fingerprint density at radius 2 is 1.07 bits per heavy atom. The first-order valence-corrected chi connectivity index (χ1v) is 14.7. The van der Waals surface area contributed by atoms with Gasteiger partial charge in [-0.25, -0.2) is 9.59 Å². The summed E-state index contributed by atoms with van der Waals surface area (Å²) in [6.07, 6.45) is 6.08. The fourth-order valence-electron chi connectivity index (χ4n) is 3.69. The molecule has 0 radical (unpaired) electrons. The second-order valence-corrected chi connectivity index (χ2v) is 10.1. The van der Waals surface area contributed by atoms with Crippen molar-refractivity contribution in [3.05, 3.63) is 0 Å². The monoisotopic (exact) mass is 630 g/mol. The van der Waals surface area contributed by atoms with Crippen molar-refractivity contribution in [2.45, 2.75) is 52.6 Å². The predicted octanol–water partition coefficient (Wildman–Crippen LogP) is -0.665. The summed E-state index contributed by atoms with van der Waals surface area (Å²) in [7, 11) is 0. The van der Waals surface area contributed by atoms with Gasteiger partial charge in [0.2, 0.25) is 17.7 Å². The number of aliphatic carboxylic acids is 2. The Morgan fingerprint density at radius 3 is 1.45 bits per heavy atom. The SMILES string of the molecule is C#CCOCCOCCOCCOCCNC(=O)CN(CC(=O)N[C@H](C(=O)O)[C@@H](C)CC)CC(=O)N[C@H](C(=O)O)[C@@H](C)CC. The Bertz CT molecular complexity index is 868. The third kappa shape index (κ3) is 19.8. The van der Waals surface area contributed by atoms with E-state index in [1.54, 1.807) is 27.7 Å². The van der Waals surface area contributed by atoms with Gasteiger partial charge in [-0.15, -0.1) is 6.42 Å². The molecule has 0 spiro atoms. The molecule has 0 heterocycles. The molecule has 15 nitrogen and oxygen atoms in total. The third-order valence-corrected chi connectivity index (χ3v) is 6.56. The van der Waals surface area contributed by atoms with Crippen molar-refractivity contribution in [1.29, 1.82) is 0 Å². The Kier molecular flexibility index (Phi) is 23.2. The molecular formula is C29H50N4O11. The number of nitrogens with one attached hydrogen (secondary N) is 3. The number of terminal acetylenes is 1. The van der Waals surface area contributed by atoms with E-state index in [0.717, 1.165) is 0 Å². The molecule has 0 saturated carbocycles. The highest BCUT2D eigenvalue weighted by molar-refractivity contribution is 5.88. The minimum atomic E-state index is -1.20. The maximum absolute atomic E-state index is 12.7. The van der Waals surface area contributed by atoms with Crippen LogP contribution in [0.5, 0.6) is 0 Å². The summed E-state index contributed by atoms with van der Waals surface area (Å²) in [5.74, 6) is -2.65. The number of amides is 3. The van der Waals surface area contributed by atoms with E-state index in [4.69, 9.17) is 25.4 Å². The summed E-state index contributed by atoms with van der Waals surface area (Å²) >= 11 is 0. The molecule has 4 atom stereocenters. The van der Waals surface area contributed by atoms with Crippen molar-refractivity contribution in [3.8, 4) is 12.3 Å². The molecule has 0 aromatic carbocycles. The van der Waals surface area contributed by atoms with E-state index in [1.807, 2.05) is 0 Å². The summed E-state index contributed by atoms with van der Waals surface area (Å²) < 4.78 is 21.2. The second kappa shape index (κ2) is 25.1. The van der Waals surface area contributed by atoms with Gasteiger partial charge in [-0.05, 0) is 11.8 Å². The lowest BCUT2D eigenvalue weighted by atomic mass is 9.99. The number of hydrogen-bond acceptors (Lipinski definition) is 10. The lowest BCUT2D eigenvalue weighted by Crippen LogP contribution is -2.53. The Balaban J connectivity index is 4.78. The minimum Gasteiger partial charge on any atom is -0.480 e. The van der Waals surface area contributed by atoms with E-state index < -0.39 is 54.8 Å². The average molecular weight is 631 g/mol. The topological polar surface area (TPSA) is 202 Å². The van der Waals surface area contributed by atoms with E-state index >= 15 is 0 Å². The van der Waals surface area contributed by atoms with Gasteiger partial charge in [0.1, 0.15) is 18.7 Å². The number of ether oxygens (including phenoxy) is 4. The van der Waals surface area contributed by atoms with Gasteiger partial charge in [0, 0.05) is 6.54 Å². The molecule has 0 fully saturated rings. The van der Waals surface area contributed by atoms with E-state index in [0.29, 0.717) is 45.9 Å². The van der Waals surface area contributed by atoms with Crippen LogP contribution in [0.4, 0.5) is 0 Å². The Hall–Kier alpha value is -3.29. The standard InChI is InChI=1S/C29H50N4O11/c1-6-10-41-12-14-43-16-17-44-15-13-42-11-9-30-23(34)18-33(19-24(35)31-26(28(37)38)21(4)7-2)20-25(36)32-27(29(39)40)22(5)8-3/h1,21-22,26-27H,7-20H2,2-5H3,(H,30,34)(H,31,35)(H,32,36)(H,37,38)(H,39,40)/t21-,22-,26-,27-/m0/s1. The van der Waals surface area contributed by atoms with E-state index in [2.05, 4.69) is 21.9 Å². The molecule has 252 valence electrons. The van der Waals surface area contributed by atoms with Gasteiger partial charge in [0.25, 0.3) is 0 Å². The number of carbonyl (C=O) groups excluding carboxylic acids is 3. The summed E-state index contributed by atoms with van der Waals surface area (Å²) in [5, 5.41) is 26.5. The van der Waals surface area contributed by atoms with E-state index in [-0.39, 0.29) is 44.7 Å². The molecule has 0 aromatic heterocycles. The lowest BCUT2D eigenvalue weighted by molar-refractivity contribution is -0.144. The second-order valence-electron chi connectivity index (χ2n) is 10.1. The third-order valence-electron chi connectivity index (χ3n) is 6.56. The van der Waals surface area contributed by atoms with Gasteiger partial charge >= 0.3 is 11.9 Å². The van der Waals surface area contributed by atoms with Crippen LogP contribution < -0.4 is 16.0 Å². The number of nitrogens with zero attached hydrogens (tertiary/aromatic N) is 1. The van der Waals surface area contributed by atoms with E-state index in [9.17, 15) is 34.2 Å². The zero-order chi connectivity index (χ0) is 33.3. The highest BCUT2D eigenvalue weighted by Gasteiger charge is 2.29. The molecule has 44 heavy (non-hydrogen) atoms. The predicted molar refractivity (Wildman–Crippen MR) is 160 cm³/mol. The van der Waals surface area contributed by atoms with Crippen LogP contribution in [0.15, 0.2) is 0 Å². The average Bonchev–Trinajstić information content (AvgIpc) is 2.97. The van der Waals surface area contributed by atoms with Crippen LogP contribution >= 0.6 is 0 Å². The van der Waals surface area contributed by atoms with Gasteiger partial charge < -0.3 is 45.1 Å². The van der Waals surface area contributed by atoms with Crippen LogP contribution in [0.1, 0.15) is 40.5 Å².